The van der Waals surface area contributed by atoms with Crippen LogP contribution in [0.5, 0.6) is 11.5 Å². The van der Waals surface area contributed by atoms with Gasteiger partial charge in [-0.15, -0.1) is 0 Å². The Balaban J connectivity index is 2.13. The van der Waals surface area contributed by atoms with Crippen molar-refractivity contribution in [2.75, 3.05) is 20.0 Å². The number of carbonyl (C=O) groups is 1. The topological polar surface area (TPSA) is 121 Å². The summed E-state index contributed by atoms with van der Waals surface area (Å²) in [5.41, 5.74) is 0.576. The van der Waals surface area contributed by atoms with Crippen LogP contribution in [0.1, 0.15) is 19.7 Å². The largest absolute Gasteiger partial charge is 0.493 e. The molecule has 0 atom stereocenters. The highest BCUT2D eigenvalue weighted by Crippen LogP contribution is 2.31. The lowest BCUT2D eigenvalue weighted by Crippen LogP contribution is -2.35. The van der Waals surface area contributed by atoms with E-state index in [0.717, 1.165) is 0 Å². The second-order valence-corrected chi connectivity index (χ2v) is 7.90. The SMILES string of the molecule is COc1ccc(-c2noc(CS(=O)(=O)CC(=O)NC(C)C)n2)cc1OC. The summed E-state index contributed by atoms with van der Waals surface area (Å²) in [4.78, 5) is 15.7. The lowest BCUT2D eigenvalue weighted by molar-refractivity contribution is -0.119. The molecule has 10 heteroatoms. The Labute approximate surface area is 151 Å². The monoisotopic (exact) mass is 383 g/mol. The molecule has 0 saturated heterocycles. The highest BCUT2D eigenvalue weighted by molar-refractivity contribution is 7.91. The van der Waals surface area contributed by atoms with Gasteiger partial charge in [-0.2, -0.15) is 4.98 Å². The fourth-order valence-electron chi connectivity index (χ4n) is 2.21. The molecule has 1 aromatic heterocycles. The lowest BCUT2D eigenvalue weighted by Gasteiger charge is -2.07. The second-order valence-electron chi connectivity index (χ2n) is 5.84. The molecule has 9 nitrogen and oxygen atoms in total. The number of aromatic nitrogens is 2. The number of carbonyl (C=O) groups excluding carboxylic acids is 1. The van der Waals surface area contributed by atoms with Crippen LogP contribution < -0.4 is 14.8 Å². The van der Waals surface area contributed by atoms with E-state index in [0.29, 0.717) is 17.1 Å². The molecule has 0 bridgehead atoms. The molecule has 1 aromatic carbocycles. The molecular weight excluding hydrogens is 362 g/mol. The van der Waals surface area contributed by atoms with Crippen LogP contribution in [0.2, 0.25) is 0 Å². The molecular formula is C16H21N3O6S. The Morgan fingerprint density at radius 3 is 2.54 bits per heavy atom. The molecule has 2 rings (SSSR count). The van der Waals surface area contributed by atoms with Gasteiger partial charge in [-0.05, 0) is 32.0 Å². The predicted octanol–water partition coefficient (Wildman–Crippen LogP) is 1.19. The highest BCUT2D eigenvalue weighted by Gasteiger charge is 2.22. The van der Waals surface area contributed by atoms with Gasteiger partial charge in [0.25, 0.3) is 0 Å². The van der Waals surface area contributed by atoms with Gasteiger partial charge in [-0.1, -0.05) is 5.16 Å². The Morgan fingerprint density at radius 2 is 1.92 bits per heavy atom. The van der Waals surface area contributed by atoms with Crippen LogP contribution in [0, 0.1) is 0 Å². The first kappa shape index (κ1) is 19.7. The van der Waals surface area contributed by atoms with Gasteiger partial charge in [-0.25, -0.2) is 8.42 Å². The number of hydrogen-bond acceptors (Lipinski definition) is 8. The van der Waals surface area contributed by atoms with E-state index < -0.39 is 27.3 Å². The van der Waals surface area contributed by atoms with Crippen molar-refractivity contribution in [1.29, 1.82) is 0 Å². The minimum absolute atomic E-state index is 0.0906. The molecule has 2 aromatic rings. The first-order valence-electron chi connectivity index (χ1n) is 7.79. The number of amides is 1. The number of nitrogens with one attached hydrogen (secondary N) is 1. The minimum atomic E-state index is -3.72. The molecule has 0 aliphatic heterocycles. The Morgan fingerprint density at radius 1 is 1.23 bits per heavy atom. The van der Waals surface area contributed by atoms with Crippen molar-refractivity contribution in [2.24, 2.45) is 0 Å². The first-order valence-corrected chi connectivity index (χ1v) is 9.61. The van der Waals surface area contributed by atoms with Gasteiger partial charge in [-0.3, -0.25) is 4.79 Å². The molecule has 0 saturated carbocycles. The number of methoxy groups -OCH3 is 2. The van der Waals surface area contributed by atoms with Gasteiger partial charge >= 0.3 is 0 Å². The van der Waals surface area contributed by atoms with E-state index >= 15 is 0 Å². The van der Waals surface area contributed by atoms with E-state index in [-0.39, 0.29) is 17.8 Å². The minimum Gasteiger partial charge on any atom is -0.493 e. The smallest absolute Gasteiger partial charge is 0.242 e. The van der Waals surface area contributed by atoms with Crippen molar-refractivity contribution >= 4 is 15.7 Å². The lowest BCUT2D eigenvalue weighted by atomic mass is 10.2. The summed E-state index contributed by atoms with van der Waals surface area (Å²) in [6.45, 7) is 3.50. The molecule has 0 spiro atoms. The van der Waals surface area contributed by atoms with Crippen molar-refractivity contribution in [2.45, 2.75) is 25.6 Å². The van der Waals surface area contributed by atoms with Gasteiger partial charge in [0.05, 0.1) is 14.2 Å². The molecule has 26 heavy (non-hydrogen) atoms. The maximum atomic E-state index is 12.1. The standard InChI is InChI=1S/C16H21N3O6S/c1-10(2)17-14(20)8-26(21,22)9-15-18-16(19-25-15)11-5-6-12(23-3)13(7-11)24-4/h5-7,10H,8-9H2,1-4H3,(H,17,20). The van der Waals surface area contributed by atoms with Crippen molar-refractivity contribution in [3.63, 3.8) is 0 Å². The average Bonchev–Trinajstić information content (AvgIpc) is 3.00. The van der Waals surface area contributed by atoms with Gasteiger partial charge in [0.2, 0.25) is 17.6 Å². The van der Waals surface area contributed by atoms with E-state index in [2.05, 4.69) is 15.5 Å². The van der Waals surface area contributed by atoms with Crippen LogP contribution >= 0.6 is 0 Å². The number of sulfone groups is 1. The van der Waals surface area contributed by atoms with Crippen molar-refractivity contribution < 1.29 is 27.2 Å². The summed E-state index contributed by atoms with van der Waals surface area (Å²) in [5, 5.41) is 6.31. The Bertz CT molecular complexity index is 876. The number of nitrogens with zero attached hydrogens (tertiary/aromatic N) is 2. The van der Waals surface area contributed by atoms with E-state index in [1.54, 1.807) is 32.0 Å². The molecule has 1 N–H and O–H groups in total. The summed E-state index contributed by atoms with van der Waals surface area (Å²) in [6, 6.07) is 4.88. The molecule has 0 aliphatic carbocycles. The summed E-state index contributed by atoms with van der Waals surface area (Å²) in [6.07, 6.45) is 0. The molecule has 1 heterocycles. The normalized spacial score (nSPS) is 11.4. The number of benzene rings is 1. The van der Waals surface area contributed by atoms with Crippen molar-refractivity contribution in [1.82, 2.24) is 15.5 Å². The quantitative estimate of drug-likeness (QED) is 0.722. The van der Waals surface area contributed by atoms with Crippen LogP contribution in [0.15, 0.2) is 22.7 Å². The predicted molar refractivity (Wildman–Crippen MR) is 93.6 cm³/mol. The van der Waals surface area contributed by atoms with Crippen LogP contribution in [0.3, 0.4) is 0 Å². The second kappa shape index (κ2) is 8.17. The third-order valence-corrected chi connectivity index (χ3v) is 4.64. The highest BCUT2D eigenvalue weighted by atomic mass is 32.2. The molecule has 142 valence electrons. The van der Waals surface area contributed by atoms with Gasteiger partial charge in [0.15, 0.2) is 21.3 Å². The van der Waals surface area contributed by atoms with Crippen LogP contribution in [-0.4, -0.2) is 50.5 Å². The van der Waals surface area contributed by atoms with Crippen LogP contribution in [0.25, 0.3) is 11.4 Å². The van der Waals surface area contributed by atoms with Crippen LogP contribution in [-0.2, 0) is 20.4 Å². The molecule has 0 fully saturated rings. The van der Waals surface area contributed by atoms with E-state index in [4.69, 9.17) is 14.0 Å². The van der Waals surface area contributed by atoms with Crippen molar-refractivity contribution in [3.8, 4) is 22.9 Å². The first-order chi connectivity index (χ1) is 12.2. The van der Waals surface area contributed by atoms with Gasteiger partial charge in [0, 0.05) is 11.6 Å². The van der Waals surface area contributed by atoms with E-state index in [1.165, 1.54) is 14.2 Å². The summed E-state index contributed by atoms with van der Waals surface area (Å²) in [5.74, 6) is -0.583. The number of ether oxygens (including phenoxy) is 2. The fourth-order valence-corrected chi connectivity index (χ4v) is 3.29. The van der Waals surface area contributed by atoms with Crippen LogP contribution in [0.4, 0.5) is 0 Å². The number of hydrogen-bond donors (Lipinski definition) is 1. The molecule has 0 radical (unpaired) electrons. The third kappa shape index (κ3) is 5.19. The Kier molecular flexibility index (Phi) is 6.19. The number of rotatable bonds is 8. The zero-order valence-electron chi connectivity index (χ0n) is 15.0. The van der Waals surface area contributed by atoms with Crippen molar-refractivity contribution in [3.05, 3.63) is 24.1 Å². The zero-order valence-corrected chi connectivity index (χ0v) is 15.8. The Hall–Kier alpha value is -2.62. The van der Waals surface area contributed by atoms with E-state index in [1.807, 2.05) is 0 Å². The third-order valence-electron chi connectivity index (χ3n) is 3.25. The summed E-state index contributed by atoms with van der Waals surface area (Å²) in [7, 11) is -0.709. The maximum absolute atomic E-state index is 12.1. The fraction of sp³-hybridized carbons (Fsp3) is 0.438. The molecule has 0 aliphatic rings. The van der Waals surface area contributed by atoms with Gasteiger partial charge < -0.3 is 19.3 Å². The molecule has 1 amide bonds. The summed E-state index contributed by atoms with van der Waals surface area (Å²) >= 11 is 0. The maximum Gasteiger partial charge on any atom is 0.242 e. The molecule has 0 unspecified atom stereocenters. The average molecular weight is 383 g/mol. The summed E-state index contributed by atoms with van der Waals surface area (Å²) < 4.78 is 39.6. The van der Waals surface area contributed by atoms with E-state index in [9.17, 15) is 13.2 Å². The van der Waals surface area contributed by atoms with Gasteiger partial charge in [0.1, 0.15) is 11.5 Å². The zero-order chi connectivity index (χ0) is 19.3.